The molecule has 23 heavy (non-hydrogen) atoms. The summed E-state index contributed by atoms with van der Waals surface area (Å²) in [4.78, 5) is 13.2. The summed E-state index contributed by atoms with van der Waals surface area (Å²) in [7, 11) is 0. The summed E-state index contributed by atoms with van der Waals surface area (Å²) in [6.45, 7) is 2.30. The fraction of sp³-hybridized carbons (Fsp3) is 0.353. The molecule has 0 saturated heterocycles. The van der Waals surface area contributed by atoms with Gasteiger partial charge in [0.05, 0.1) is 30.3 Å². The first-order valence-corrected chi connectivity index (χ1v) is 8.31. The second-order valence-corrected chi connectivity index (χ2v) is 5.94. The van der Waals surface area contributed by atoms with Crippen LogP contribution in [0.3, 0.4) is 0 Å². The van der Waals surface area contributed by atoms with Crippen molar-refractivity contribution < 1.29 is 24.9 Å². The molecular weight excluding hydrogens is 316 g/mol. The first-order chi connectivity index (χ1) is 11.1. The average Bonchev–Trinajstić information content (AvgIpc) is 3.05. The highest BCUT2D eigenvalue weighted by atomic mass is 32.1. The van der Waals surface area contributed by atoms with Crippen molar-refractivity contribution in [1.82, 2.24) is 0 Å². The van der Waals surface area contributed by atoms with Crippen molar-refractivity contribution >= 4 is 17.1 Å². The molecule has 3 N–H and O–H groups in total. The number of carbonyl (C=O) groups excluding carboxylic acids is 1. The Morgan fingerprint density at radius 1 is 1.22 bits per heavy atom. The zero-order valence-electron chi connectivity index (χ0n) is 12.9. The van der Waals surface area contributed by atoms with Crippen LogP contribution in [0.25, 0.3) is 0 Å². The largest absolute Gasteiger partial charge is 0.508 e. The zero-order valence-corrected chi connectivity index (χ0v) is 13.7. The van der Waals surface area contributed by atoms with E-state index in [0.29, 0.717) is 35.5 Å². The van der Waals surface area contributed by atoms with Gasteiger partial charge in [-0.25, -0.2) is 0 Å². The van der Waals surface area contributed by atoms with Crippen LogP contribution in [0.1, 0.15) is 33.3 Å². The molecule has 0 atom stereocenters. The van der Waals surface area contributed by atoms with E-state index in [2.05, 4.69) is 0 Å². The lowest BCUT2D eigenvalue weighted by Gasteiger charge is -2.16. The Bertz CT molecular complexity index is 664. The van der Waals surface area contributed by atoms with E-state index in [4.69, 9.17) is 9.84 Å². The van der Waals surface area contributed by atoms with Gasteiger partial charge in [0.1, 0.15) is 11.5 Å². The van der Waals surface area contributed by atoms with Gasteiger partial charge in [0.2, 0.25) is 5.78 Å². The molecule has 124 valence electrons. The number of benzene rings is 1. The fourth-order valence-corrected chi connectivity index (χ4v) is 3.21. The van der Waals surface area contributed by atoms with Gasteiger partial charge in [-0.1, -0.05) is 13.0 Å². The van der Waals surface area contributed by atoms with Crippen molar-refractivity contribution in [3.63, 3.8) is 0 Å². The zero-order chi connectivity index (χ0) is 16.8. The molecule has 0 saturated carbocycles. The van der Waals surface area contributed by atoms with E-state index in [1.165, 1.54) is 17.4 Å². The molecule has 0 aliphatic rings. The van der Waals surface area contributed by atoms with E-state index < -0.39 is 0 Å². The Balaban J connectivity index is 2.44. The molecule has 0 amide bonds. The fourth-order valence-electron chi connectivity index (χ4n) is 2.54. The summed E-state index contributed by atoms with van der Waals surface area (Å²) in [6.07, 6.45) is 0.906. The molecule has 6 heteroatoms. The topological polar surface area (TPSA) is 87.0 Å². The van der Waals surface area contributed by atoms with Gasteiger partial charge in [-0.15, -0.1) is 11.3 Å². The van der Waals surface area contributed by atoms with Gasteiger partial charge in [-0.3, -0.25) is 4.79 Å². The van der Waals surface area contributed by atoms with E-state index in [9.17, 15) is 15.0 Å². The molecule has 0 fully saturated rings. The third-order valence-electron chi connectivity index (χ3n) is 3.56. The summed E-state index contributed by atoms with van der Waals surface area (Å²) in [5.74, 6) is -0.510. The van der Waals surface area contributed by atoms with Gasteiger partial charge in [-0.2, -0.15) is 0 Å². The number of ether oxygens (including phenoxy) is 1. The Labute approximate surface area is 138 Å². The normalized spacial score (nSPS) is 10.9. The highest BCUT2D eigenvalue weighted by Crippen LogP contribution is 2.35. The molecule has 0 aliphatic heterocycles. The molecule has 1 aromatic carbocycles. The molecule has 0 aliphatic carbocycles. The number of ketones is 1. The standard InChI is InChI=1S/C17H20O5S/c1-2-11-12(5-7-22-8-6-18)16(14(20)10-13(11)19)17(21)15-4-3-9-23-15/h3-4,9-10,18-20H,2,5-8H2,1H3. The lowest BCUT2D eigenvalue weighted by atomic mass is 9.92. The van der Waals surface area contributed by atoms with Gasteiger partial charge in [-0.05, 0) is 35.4 Å². The van der Waals surface area contributed by atoms with E-state index in [0.717, 1.165) is 0 Å². The summed E-state index contributed by atoms with van der Waals surface area (Å²) in [6, 6.07) is 4.70. The van der Waals surface area contributed by atoms with E-state index in [1.54, 1.807) is 17.5 Å². The maximum atomic E-state index is 12.7. The number of aliphatic hydroxyl groups excluding tert-OH is 1. The van der Waals surface area contributed by atoms with E-state index in [1.807, 2.05) is 6.92 Å². The van der Waals surface area contributed by atoms with Crippen LogP contribution in [0.4, 0.5) is 0 Å². The van der Waals surface area contributed by atoms with Crippen molar-refractivity contribution in [1.29, 1.82) is 0 Å². The maximum absolute atomic E-state index is 12.7. The highest BCUT2D eigenvalue weighted by Gasteiger charge is 2.23. The molecule has 2 aromatic rings. The van der Waals surface area contributed by atoms with Gasteiger partial charge in [0.15, 0.2) is 0 Å². The van der Waals surface area contributed by atoms with Crippen molar-refractivity contribution in [2.75, 3.05) is 19.8 Å². The lowest BCUT2D eigenvalue weighted by Crippen LogP contribution is -2.11. The number of aromatic hydroxyl groups is 2. The molecule has 0 bridgehead atoms. The van der Waals surface area contributed by atoms with Crippen molar-refractivity contribution in [3.8, 4) is 11.5 Å². The summed E-state index contributed by atoms with van der Waals surface area (Å²) in [5, 5.41) is 30.8. The number of aliphatic hydroxyl groups is 1. The molecule has 1 heterocycles. The number of hydrogen-bond donors (Lipinski definition) is 3. The summed E-state index contributed by atoms with van der Waals surface area (Å²) < 4.78 is 5.27. The second kappa shape index (κ2) is 8.10. The average molecular weight is 336 g/mol. The summed E-state index contributed by atoms with van der Waals surface area (Å²) in [5.41, 5.74) is 1.45. The van der Waals surface area contributed by atoms with Crippen molar-refractivity contribution in [2.24, 2.45) is 0 Å². The molecule has 0 spiro atoms. The van der Waals surface area contributed by atoms with Crippen LogP contribution in [0, 0.1) is 0 Å². The first-order valence-electron chi connectivity index (χ1n) is 7.43. The van der Waals surface area contributed by atoms with Crippen LogP contribution in [0.5, 0.6) is 11.5 Å². The minimum atomic E-state index is -0.260. The van der Waals surface area contributed by atoms with Crippen LogP contribution in [-0.4, -0.2) is 40.9 Å². The Morgan fingerprint density at radius 3 is 2.61 bits per heavy atom. The predicted octanol–water partition coefficient (Wildman–Crippen LogP) is 2.50. The second-order valence-electron chi connectivity index (χ2n) is 4.99. The number of hydrogen-bond acceptors (Lipinski definition) is 6. The van der Waals surface area contributed by atoms with Crippen LogP contribution in [0.2, 0.25) is 0 Å². The smallest absolute Gasteiger partial charge is 0.206 e. The first kappa shape index (κ1) is 17.5. The van der Waals surface area contributed by atoms with Crippen LogP contribution >= 0.6 is 11.3 Å². The number of rotatable bonds is 8. The number of phenols is 2. The predicted molar refractivity (Wildman–Crippen MR) is 88.5 cm³/mol. The van der Waals surface area contributed by atoms with Crippen LogP contribution in [-0.2, 0) is 17.6 Å². The molecular formula is C17H20O5S. The third-order valence-corrected chi connectivity index (χ3v) is 4.43. The van der Waals surface area contributed by atoms with Gasteiger partial charge >= 0.3 is 0 Å². The number of phenolic OH excluding ortho intramolecular Hbond substituents is 2. The van der Waals surface area contributed by atoms with Crippen LogP contribution in [0.15, 0.2) is 23.6 Å². The molecule has 5 nitrogen and oxygen atoms in total. The number of carbonyl (C=O) groups is 1. The Kier molecular flexibility index (Phi) is 6.15. The molecule has 2 rings (SSSR count). The molecule has 0 unspecified atom stereocenters. The minimum Gasteiger partial charge on any atom is -0.508 e. The maximum Gasteiger partial charge on any atom is 0.206 e. The van der Waals surface area contributed by atoms with E-state index >= 15 is 0 Å². The minimum absolute atomic E-state index is 0.0233. The van der Waals surface area contributed by atoms with Crippen molar-refractivity contribution in [3.05, 3.63) is 45.1 Å². The lowest BCUT2D eigenvalue weighted by molar-refractivity contribution is 0.0937. The van der Waals surface area contributed by atoms with E-state index in [-0.39, 0.29) is 36.1 Å². The van der Waals surface area contributed by atoms with Crippen LogP contribution < -0.4 is 0 Å². The van der Waals surface area contributed by atoms with Gasteiger partial charge in [0.25, 0.3) is 0 Å². The highest BCUT2D eigenvalue weighted by molar-refractivity contribution is 7.12. The Morgan fingerprint density at radius 2 is 2.00 bits per heavy atom. The summed E-state index contributed by atoms with van der Waals surface area (Å²) >= 11 is 1.31. The Hall–Kier alpha value is -1.89. The number of thiophene rings is 1. The molecule has 0 radical (unpaired) electrons. The van der Waals surface area contributed by atoms with Gasteiger partial charge < -0.3 is 20.1 Å². The third kappa shape index (κ3) is 3.90. The van der Waals surface area contributed by atoms with Crippen molar-refractivity contribution in [2.45, 2.75) is 19.8 Å². The quantitative estimate of drug-likeness (QED) is 0.509. The molecule has 1 aromatic heterocycles. The SMILES string of the molecule is CCc1c(O)cc(O)c(C(=O)c2cccs2)c1CCOCCO. The monoisotopic (exact) mass is 336 g/mol. The van der Waals surface area contributed by atoms with Gasteiger partial charge in [0, 0.05) is 6.07 Å².